The molecule has 43 heavy (non-hydrogen) atoms. The van der Waals surface area contributed by atoms with E-state index in [1.54, 1.807) is 11.1 Å². The first-order chi connectivity index (χ1) is 20.6. The molecule has 0 spiro atoms. The molecule has 2 heteroatoms. The van der Waals surface area contributed by atoms with E-state index in [2.05, 4.69) is 148 Å². The minimum atomic E-state index is -3.81. The molecule has 0 heterocycles. The summed E-state index contributed by atoms with van der Waals surface area (Å²) in [5.41, 5.74) is 16.7. The Morgan fingerprint density at radius 1 is 0.605 bits per heavy atom. The first-order valence-corrected chi connectivity index (χ1v) is 35.3. The third-order valence-corrected chi connectivity index (χ3v) is 69.8. The molecular weight excluding hydrogens is 699 g/mol. The van der Waals surface area contributed by atoms with Crippen LogP contribution in [0.1, 0.15) is 71.6 Å². The Balaban J connectivity index is 1.56. The van der Waals surface area contributed by atoms with Crippen molar-refractivity contribution >= 4 is 17.6 Å². The summed E-state index contributed by atoms with van der Waals surface area (Å²) in [4.78, 5) is 0. The van der Waals surface area contributed by atoms with Gasteiger partial charge in [-0.1, -0.05) is 0 Å². The van der Waals surface area contributed by atoms with Gasteiger partial charge in [-0.2, -0.15) is 0 Å². The van der Waals surface area contributed by atoms with Gasteiger partial charge in [0.2, 0.25) is 0 Å². The van der Waals surface area contributed by atoms with Crippen molar-refractivity contribution in [2.24, 2.45) is 0 Å². The molecule has 0 N–H and O–H groups in total. The molecule has 2 atom stereocenters. The molecule has 0 radical (unpaired) electrons. The van der Waals surface area contributed by atoms with E-state index in [1.165, 1.54) is 74.5 Å². The molecule has 0 saturated carbocycles. The summed E-state index contributed by atoms with van der Waals surface area (Å²) in [5.74, 6) is 0. The monoisotopic (exact) mass is 748 g/mol. The molecule has 0 fully saturated rings. The zero-order chi connectivity index (χ0) is 30.5. The van der Waals surface area contributed by atoms with Crippen LogP contribution in [0.3, 0.4) is 0 Å². The van der Waals surface area contributed by atoms with Crippen LogP contribution in [0.15, 0.2) is 84.9 Å². The molecule has 0 bridgehead atoms. The number of aryl methyl sites for hydroxylation is 2. The van der Waals surface area contributed by atoms with Crippen LogP contribution < -0.4 is 0 Å². The predicted octanol–water partition coefficient (Wildman–Crippen LogP) is 12.3. The van der Waals surface area contributed by atoms with Crippen molar-refractivity contribution in [3.05, 3.63) is 129 Å². The summed E-state index contributed by atoms with van der Waals surface area (Å²) in [7, 11) is 0. The van der Waals surface area contributed by atoms with E-state index in [1.807, 2.05) is 0 Å². The first-order valence-electron chi connectivity index (χ1n) is 16.4. The number of hydrogen-bond donors (Lipinski definition) is 0. The van der Waals surface area contributed by atoms with Gasteiger partial charge in [-0.15, -0.1) is 0 Å². The SMILES string of the molecule is CCCC[Si](C)=[Hf]([CH3])([CH3])([CH]1C=Cc2c(-c3cccc(C)c3C)cccc21)[CH]1C=Cc2c(-c3cccc(C)c3C)cccc21. The molecule has 0 aromatic heterocycles. The molecule has 220 valence electrons. The summed E-state index contributed by atoms with van der Waals surface area (Å²) in [6.45, 7) is 14.2. The second kappa shape index (κ2) is 11.4. The fourth-order valence-electron chi connectivity index (χ4n) is 8.34. The second-order valence-electron chi connectivity index (χ2n) is 14.3. The number of fused-ring (bicyclic) bond motifs is 2. The standard InChI is InChI=1S/2C17H15.C5H12Si.2CH3.Hf/c2*1-12-6-3-9-15(13(12)2)17-11-5-8-14-7-4-10-16(14)17;1-3-4-5-6-2;;;/h2*3-11H,1-2H3;3-5H2,1-2H3;2*1H3;. The van der Waals surface area contributed by atoms with Crippen LogP contribution in [0.5, 0.6) is 0 Å². The van der Waals surface area contributed by atoms with E-state index < -0.39 is 22.6 Å². The third-order valence-electron chi connectivity index (χ3n) is 11.8. The molecule has 2 aliphatic carbocycles. The molecule has 2 aliphatic rings. The zero-order valence-electron chi connectivity index (χ0n) is 27.5. The van der Waals surface area contributed by atoms with E-state index in [-0.39, 0.29) is 0 Å². The maximum atomic E-state index is 2.88. The van der Waals surface area contributed by atoms with Gasteiger partial charge in [0.05, 0.1) is 0 Å². The molecule has 4 aromatic carbocycles. The molecule has 0 saturated heterocycles. The number of rotatable bonds is 7. The summed E-state index contributed by atoms with van der Waals surface area (Å²) < 4.78 is 6.89. The van der Waals surface area contributed by atoms with Crippen LogP contribution in [0.2, 0.25) is 22.0 Å². The minimum absolute atomic E-state index is 0.567. The van der Waals surface area contributed by atoms with Crippen LogP contribution >= 0.6 is 0 Å². The zero-order valence-corrected chi connectivity index (χ0v) is 32.1. The Morgan fingerprint density at radius 3 is 1.47 bits per heavy atom. The predicted molar refractivity (Wildman–Crippen MR) is 189 cm³/mol. The summed E-state index contributed by atoms with van der Waals surface area (Å²) in [5, 5.41) is 0. The van der Waals surface area contributed by atoms with E-state index in [4.69, 9.17) is 0 Å². The van der Waals surface area contributed by atoms with Crippen LogP contribution in [-0.4, -0.2) is 5.49 Å². The van der Waals surface area contributed by atoms with Crippen LogP contribution in [0.4, 0.5) is 0 Å². The van der Waals surface area contributed by atoms with Gasteiger partial charge in [-0.25, -0.2) is 0 Å². The molecule has 0 amide bonds. The van der Waals surface area contributed by atoms with Gasteiger partial charge in [-0.05, 0) is 0 Å². The average Bonchev–Trinajstić information content (AvgIpc) is 3.65. The Kier molecular flexibility index (Phi) is 8.09. The van der Waals surface area contributed by atoms with Crippen molar-refractivity contribution in [1.29, 1.82) is 0 Å². The molecular formula is C41H48HfSi. The van der Waals surface area contributed by atoms with E-state index in [9.17, 15) is 0 Å². The van der Waals surface area contributed by atoms with Gasteiger partial charge in [-0.3, -0.25) is 0 Å². The van der Waals surface area contributed by atoms with Crippen molar-refractivity contribution in [1.82, 2.24) is 0 Å². The number of hydrogen-bond acceptors (Lipinski definition) is 0. The van der Waals surface area contributed by atoms with Gasteiger partial charge >= 0.3 is 263 Å². The quantitative estimate of drug-likeness (QED) is 0.165. The normalized spacial score (nSPS) is 17.3. The summed E-state index contributed by atoms with van der Waals surface area (Å²) in [6.07, 6.45) is 13.0. The van der Waals surface area contributed by atoms with Gasteiger partial charge in [0.15, 0.2) is 0 Å². The Hall–Kier alpha value is -2.55. The fraction of sp³-hybridized carbons (Fsp3) is 0.317. The fourth-order valence-corrected chi connectivity index (χ4v) is 52.1. The number of unbranched alkanes of at least 4 members (excludes halogenated alkanes) is 1. The third kappa shape index (κ3) is 4.79. The molecule has 6 rings (SSSR count). The summed E-state index contributed by atoms with van der Waals surface area (Å²) in [6, 6.07) is 29.4. The van der Waals surface area contributed by atoms with E-state index >= 15 is 0 Å². The van der Waals surface area contributed by atoms with Crippen molar-refractivity contribution in [3.63, 3.8) is 0 Å². The van der Waals surface area contributed by atoms with Crippen LogP contribution in [-0.2, 0) is 17.1 Å². The van der Waals surface area contributed by atoms with Crippen molar-refractivity contribution in [3.8, 4) is 22.3 Å². The Labute approximate surface area is 261 Å². The summed E-state index contributed by atoms with van der Waals surface area (Å²) >= 11 is -3.81. The van der Waals surface area contributed by atoms with Crippen molar-refractivity contribution in [2.75, 3.05) is 0 Å². The van der Waals surface area contributed by atoms with E-state index in [0.717, 1.165) is 0 Å². The molecule has 2 unspecified atom stereocenters. The van der Waals surface area contributed by atoms with Crippen molar-refractivity contribution < 1.29 is 17.1 Å². The molecule has 0 aliphatic heterocycles. The number of allylic oxidation sites excluding steroid dienone is 2. The number of benzene rings is 4. The van der Waals surface area contributed by atoms with Crippen LogP contribution in [0.25, 0.3) is 34.4 Å². The average molecular weight is 747 g/mol. The molecule has 4 aromatic rings. The van der Waals surface area contributed by atoms with Gasteiger partial charge < -0.3 is 0 Å². The maximum absolute atomic E-state index is 3.81. The van der Waals surface area contributed by atoms with Crippen molar-refractivity contribution in [2.45, 2.75) is 76.8 Å². The first kappa shape index (κ1) is 30.5. The van der Waals surface area contributed by atoms with Crippen LogP contribution in [0, 0.1) is 27.7 Å². The van der Waals surface area contributed by atoms with Gasteiger partial charge in [0.25, 0.3) is 0 Å². The molecule has 0 nitrogen and oxygen atoms in total. The topological polar surface area (TPSA) is 0 Å². The Bertz CT molecular complexity index is 1750. The Morgan fingerprint density at radius 2 is 1.02 bits per heavy atom. The van der Waals surface area contributed by atoms with Gasteiger partial charge in [0, 0.05) is 0 Å². The van der Waals surface area contributed by atoms with Gasteiger partial charge in [0.1, 0.15) is 0 Å². The second-order valence-corrected chi connectivity index (χ2v) is 61.7. The van der Waals surface area contributed by atoms with E-state index in [0.29, 0.717) is 7.35 Å².